The number of methoxy groups -OCH3 is 1. The highest BCUT2D eigenvalue weighted by Crippen LogP contribution is 2.14. The summed E-state index contributed by atoms with van der Waals surface area (Å²) in [5, 5.41) is 8.77. The summed E-state index contributed by atoms with van der Waals surface area (Å²) < 4.78 is 5.06. The van der Waals surface area contributed by atoms with Crippen LogP contribution in [-0.4, -0.2) is 53.2 Å². The first-order valence-corrected chi connectivity index (χ1v) is 5.14. The second kappa shape index (κ2) is 4.50. The molecule has 17 heavy (non-hydrogen) atoms. The first-order valence-electron chi connectivity index (χ1n) is 5.14. The molecule has 1 fully saturated rings. The second-order valence-corrected chi connectivity index (χ2v) is 3.78. The van der Waals surface area contributed by atoms with Gasteiger partial charge in [-0.05, 0) is 12.1 Å². The summed E-state index contributed by atoms with van der Waals surface area (Å²) in [5.41, 5.74) is 0.0270. The number of aromatic carboxylic acids is 1. The normalized spacial score (nSPS) is 15.5. The molecule has 1 N–H and O–H groups in total. The summed E-state index contributed by atoms with van der Waals surface area (Å²) in [5.74, 6) is -1.40. The quantitative estimate of drug-likeness (QED) is 0.813. The molecule has 90 valence electrons. The number of carbonyl (C=O) groups excluding carboxylic acids is 1. The van der Waals surface area contributed by atoms with Crippen LogP contribution in [0.5, 0.6) is 0 Å². The fraction of sp³-hybridized carbons (Fsp3) is 0.364. The molecule has 0 radical (unpaired) electrons. The van der Waals surface area contributed by atoms with Gasteiger partial charge in [0.25, 0.3) is 5.91 Å². The molecular weight excluding hydrogens is 224 g/mol. The van der Waals surface area contributed by atoms with Crippen molar-refractivity contribution in [3.05, 3.63) is 29.6 Å². The van der Waals surface area contributed by atoms with Gasteiger partial charge in [0.2, 0.25) is 0 Å². The molecule has 1 aromatic rings. The van der Waals surface area contributed by atoms with Crippen molar-refractivity contribution < 1.29 is 19.4 Å². The first kappa shape index (κ1) is 11.5. The Morgan fingerprint density at radius 1 is 1.41 bits per heavy atom. The third kappa shape index (κ3) is 2.26. The van der Waals surface area contributed by atoms with Crippen LogP contribution in [-0.2, 0) is 4.74 Å². The van der Waals surface area contributed by atoms with Gasteiger partial charge in [0.1, 0.15) is 11.4 Å². The van der Waals surface area contributed by atoms with Gasteiger partial charge >= 0.3 is 5.97 Å². The third-order valence-corrected chi connectivity index (χ3v) is 2.66. The molecule has 2 rings (SSSR count). The largest absolute Gasteiger partial charge is 0.477 e. The molecule has 0 aliphatic carbocycles. The minimum Gasteiger partial charge on any atom is -0.477 e. The van der Waals surface area contributed by atoms with Crippen LogP contribution in [0.2, 0.25) is 0 Å². The number of carboxylic acids is 1. The van der Waals surface area contributed by atoms with E-state index < -0.39 is 5.97 Å². The zero-order chi connectivity index (χ0) is 12.4. The number of hydrogen-bond donors (Lipinski definition) is 1. The fourth-order valence-corrected chi connectivity index (χ4v) is 1.59. The van der Waals surface area contributed by atoms with E-state index in [2.05, 4.69) is 4.98 Å². The van der Waals surface area contributed by atoms with Crippen molar-refractivity contribution >= 4 is 11.9 Å². The Hall–Kier alpha value is -1.95. The molecule has 6 heteroatoms. The number of carboxylic acid groups (broad SMARTS) is 1. The summed E-state index contributed by atoms with van der Waals surface area (Å²) >= 11 is 0. The number of pyridine rings is 1. The average molecular weight is 236 g/mol. The molecule has 1 saturated heterocycles. The van der Waals surface area contributed by atoms with Gasteiger partial charge in [0.15, 0.2) is 0 Å². The topological polar surface area (TPSA) is 79.7 Å². The Bertz CT molecular complexity index is 455. The Morgan fingerprint density at radius 3 is 2.65 bits per heavy atom. The van der Waals surface area contributed by atoms with E-state index in [0.29, 0.717) is 13.1 Å². The molecule has 6 nitrogen and oxygen atoms in total. The van der Waals surface area contributed by atoms with Crippen molar-refractivity contribution in [2.75, 3.05) is 20.2 Å². The van der Waals surface area contributed by atoms with Gasteiger partial charge in [0, 0.05) is 20.2 Å². The predicted molar refractivity (Wildman–Crippen MR) is 57.9 cm³/mol. The van der Waals surface area contributed by atoms with Gasteiger partial charge in [-0.2, -0.15) is 0 Å². The molecule has 1 amide bonds. The van der Waals surface area contributed by atoms with Crippen LogP contribution in [0.4, 0.5) is 0 Å². The lowest BCUT2D eigenvalue weighted by Gasteiger charge is -2.37. The minimum absolute atomic E-state index is 0.0709. The molecule has 1 aliphatic heterocycles. The van der Waals surface area contributed by atoms with Crippen molar-refractivity contribution in [2.45, 2.75) is 6.10 Å². The highest BCUT2D eigenvalue weighted by Gasteiger charge is 2.31. The lowest BCUT2D eigenvalue weighted by Crippen LogP contribution is -2.54. The van der Waals surface area contributed by atoms with Gasteiger partial charge in [0.05, 0.1) is 6.10 Å². The summed E-state index contributed by atoms with van der Waals surface area (Å²) in [6.07, 6.45) is 0.0709. The number of carbonyl (C=O) groups is 2. The van der Waals surface area contributed by atoms with Crippen LogP contribution in [0.1, 0.15) is 21.0 Å². The van der Waals surface area contributed by atoms with Gasteiger partial charge in [-0.3, -0.25) is 4.79 Å². The van der Waals surface area contributed by atoms with E-state index in [1.54, 1.807) is 12.0 Å². The predicted octanol–water partition coefficient (Wildman–Crippen LogP) is 0.251. The maximum atomic E-state index is 11.9. The first-order chi connectivity index (χ1) is 8.11. The molecule has 0 atom stereocenters. The van der Waals surface area contributed by atoms with Crippen molar-refractivity contribution in [2.24, 2.45) is 0 Å². The zero-order valence-electron chi connectivity index (χ0n) is 9.29. The van der Waals surface area contributed by atoms with E-state index in [1.807, 2.05) is 0 Å². The van der Waals surface area contributed by atoms with Crippen LogP contribution >= 0.6 is 0 Å². The monoisotopic (exact) mass is 236 g/mol. The molecule has 0 unspecified atom stereocenters. The Balaban J connectivity index is 2.10. The zero-order valence-corrected chi connectivity index (χ0v) is 9.29. The number of amides is 1. The van der Waals surface area contributed by atoms with E-state index >= 15 is 0 Å². The van der Waals surface area contributed by atoms with Crippen molar-refractivity contribution in [1.82, 2.24) is 9.88 Å². The Kier molecular flexibility index (Phi) is 3.06. The number of aromatic nitrogens is 1. The van der Waals surface area contributed by atoms with Crippen molar-refractivity contribution in [1.29, 1.82) is 0 Å². The molecule has 0 bridgehead atoms. The highest BCUT2D eigenvalue weighted by molar-refractivity contribution is 5.94. The van der Waals surface area contributed by atoms with Crippen LogP contribution in [0, 0.1) is 0 Å². The molecular formula is C11H12N2O4. The van der Waals surface area contributed by atoms with Gasteiger partial charge < -0.3 is 14.7 Å². The number of hydrogen-bond acceptors (Lipinski definition) is 4. The van der Waals surface area contributed by atoms with E-state index in [9.17, 15) is 9.59 Å². The molecule has 0 aromatic carbocycles. The Morgan fingerprint density at radius 2 is 2.06 bits per heavy atom. The fourth-order valence-electron chi connectivity index (χ4n) is 1.59. The molecule has 1 aromatic heterocycles. The van der Waals surface area contributed by atoms with Gasteiger partial charge in [-0.1, -0.05) is 6.07 Å². The van der Waals surface area contributed by atoms with E-state index in [1.165, 1.54) is 18.2 Å². The highest BCUT2D eigenvalue weighted by atomic mass is 16.5. The van der Waals surface area contributed by atoms with Crippen LogP contribution in [0.25, 0.3) is 0 Å². The number of rotatable bonds is 3. The lowest BCUT2D eigenvalue weighted by atomic mass is 10.1. The number of likely N-dealkylation sites (tertiary alicyclic amines) is 1. The van der Waals surface area contributed by atoms with Crippen molar-refractivity contribution in [3.8, 4) is 0 Å². The smallest absolute Gasteiger partial charge is 0.354 e. The molecule has 2 heterocycles. The average Bonchev–Trinajstić information content (AvgIpc) is 2.27. The SMILES string of the molecule is COC1CN(C(=O)c2cccc(C(=O)O)n2)C1. The molecule has 0 spiro atoms. The summed E-state index contributed by atoms with van der Waals surface area (Å²) in [6.45, 7) is 1.04. The van der Waals surface area contributed by atoms with E-state index in [4.69, 9.17) is 9.84 Å². The van der Waals surface area contributed by atoms with Crippen LogP contribution < -0.4 is 0 Å². The summed E-state index contributed by atoms with van der Waals surface area (Å²) in [6, 6.07) is 4.37. The summed E-state index contributed by atoms with van der Waals surface area (Å²) in [7, 11) is 1.59. The van der Waals surface area contributed by atoms with Gasteiger partial charge in [-0.25, -0.2) is 9.78 Å². The van der Waals surface area contributed by atoms with E-state index in [-0.39, 0.29) is 23.4 Å². The molecule has 0 saturated carbocycles. The second-order valence-electron chi connectivity index (χ2n) is 3.78. The lowest BCUT2D eigenvalue weighted by molar-refractivity contribution is -0.0194. The summed E-state index contributed by atoms with van der Waals surface area (Å²) in [4.78, 5) is 28.0. The molecule has 1 aliphatic rings. The van der Waals surface area contributed by atoms with Gasteiger partial charge in [-0.15, -0.1) is 0 Å². The van der Waals surface area contributed by atoms with Crippen LogP contribution in [0.3, 0.4) is 0 Å². The maximum absolute atomic E-state index is 11.9. The maximum Gasteiger partial charge on any atom is 0.354 e. The Labute approximate surface area is 97.8 Å². The standard InChI is InChI=1S/C11H12N2O4/c1-17-7-5-13(6-7)10(14)8-3-2-4-9(12-8)11(15)16/h2-4,7H,5-6H2,1H3,(H,15,16). The van der Waals surface area contributed by atoms with Crippen molar-refractivity contribution in [3.63, 3.8) is 0 Å². The van der Waals surface area contributed by atoms with E-state index in [0.717, 1.165) is 0 Å². The number of ether oxygens (including phenoxy) is 1. The number of nitrogens with zero attached hydrogens (tertiary/aromatic N) is 2. The minimum atomic E-state index is -1.14. The van der Waals surface area contributed by atoms with Crippen LogP contribution in [0.15, 0.2) is 18.2 Å². The third-order valence-electron chi connectivity index (χ3n) is 2.66.